The zero-order valence-electron chi connectivity index (χ0n) is 17.5. The van der Waals surface area contributed by atoms with Crippen molar-refractivity contribution in [2.75, 3.05) is 18.1 Å². The van der Waals surface area contributed by atoms with Crippen LogP contribution in [0.4, 0.5) is 18.9 Å². The predicted molar refractivity (Wildman–Crippen MR) is 111 cm³/mol. The van der Waals surface area contributed by atoms with Gasteiger partial charge in [0.2, 0.25) is 0 Å². The van der Waals surface area contributed by atoms with Crippen LogP contribution in [0.1, 0.15) is 49.1 Å². The molecule has 2 aromatic carbocycles. The van der Waals surface area contributed by atoms with Crippen molar-refractivity contribution in [2.24, 2.45) is 13.0 Å². The molecule has 1 fully saturated rings. The average Bonchev–Trinajstić information content (AvgIpc) is 3.32. The van der Waals surface area contributed by atoms with Crippen LogP contribution in [0.15, 0.2) is 42.7 Å². The molecular weight excluding hydrogens is 437 g/mol. The molecule has 2 aliphatic heterocycles. The van der Waals surface area contributed by atoms with Gasteiger partial charge in [-0.25, -0.2) is 0 Å². The Morgan fingerprint density at radius 1 is 1.21 bits per heavy atom. The first-order chi connectivity index (χ1) is 15.8. The number of hydrogen-bond acceptors (Lipinski definition) is 5. The Kier molecular flexibility index (Phi) is 5.04. The zero-order chi connectivity index (χ0) is 23.3. The third-order valence-electron chi connectivity index (χ3n) is 6.21. The van der Waals surface area contributed by atoms with E-state index in [1.54, 1.807) is 24.5 Å². The maximum atomic E-state index is 13.6. The summed E-state index contributed by atoms with van der Waals surface area (Å²) in [5.41, 5.74) is -0.0301. The number of amides is 1. The van der Waals surface area contributed by atoms with E-state index in [9.17, 15) is 22.8 Å². The van der Waals surface area contributed by atoms with Crippen molar-refractivity contribution in [2.45, 2.75) is 18.6 Å². The van der Waals surface area contributed by atoms with E-state index >= 15 is 0 Å². The van der Waals surface area contributed by atoms with Crippen LogP contribution in [0.3, 0.4) is 0 Å². The van der Waals surface area contributed by atoms with Crippen LogP contribution in [0.5, 0.6) is 0 Å². The van der Waals surface area contributed by atoms with Crippen molar-refractivity contribution in [1.82, 2.24) is 14.8 Å². The number of aromatic nitrogens is 3. The molecule has 3 aromatic rings. The van der Waals surface area contributed by atoms with E-state index in [4.69, 9.17) is 4.74 Å². The Morgan fingerprint density at radius 3 is 2.61 bits per heavy atom. The van der Waals surface area contributed by atoms with Crippen LogP contribution in [-0.4, -0.2) is 40.2 Å². The lowest BCUT2D eigenvalue weighted by atomic mass is 9.83. The number of nitrogens with zero attached hydrogens (tertiary/aromatic N) is 4. The average molecular weight is 456 g/mol. The molecule has 7 nitrogen and oxygen atoms in total. The minimum Gasteiger partial charge on any atom is -0.381 e. The van der Waals surface area contributed by atoms with Gasteiger partial charge in [-0.1, -0.05) is 12.1 Å². The number of fused-ring (bicyclic) bond motifs is 1. The number of rotatable bonds is 5. The van der Waals surface area contributed by atoms with Gasteiger partial charge in [-0.3, -0.25) is 9.59 Å². The minimum absolute atomic E-state index is 0.102. The molecule has 0 saturated carbocycles. The Bertz CT molecular complexity index is 1250. The van der Waals surface area contributed by atoms with Crippen LogP contribution in [-0.2, 0) is 24.5 Å². The van der Waals surface area contributed by atoms with Crippen LogP contribution in [0.25, 0.3) is 0 Å². The molecule has 0 unspecified atom stereocenters. The molecule has 2 aliphatic rings. The summed E-state index contributed by atoms with van der Waals surface area (Å²) < 4.78 is 48.1. The topological polar surface area (TPSA) is 77.3 Å². The van der Waals surface area contributed by atoms with Crippen LogP contribution in [0, 0.1) is 5.92 Å². The van der Waals surface area contributed by atoms with Gasteiger partial charge in [-0.05, 0) is 35.4 Å². The fraction of sp³-hybridized carbons (Fsp3) is 0.304. The predicted octanol–water partition coefficient (Wildman–Crippen LogP) is 3.59. The third kappa shape index (κ3) is 3.60. The van der Waals surface area contributed by atoms with E-state index in [1.807, 2.05) is 17.7 Å². The molecule has 10 heteroatoms. The SMILES string of the molecule is Cn1cnnc1[C@@H](c1cccc(N2Cc3c(cc(C=O)cc3C(F)(F)F)C2=O)c1)C1COC1. The molecule has 170 valence electrons. The highest BCUT2D eigenvalue weighted by Crippen LogP contribution is 2.41. The standard InChI is InChI=1S/C23H19F3N4O3/c1-29-12-27-28-21(29)20(15-10-33-11-15)14-3-2-4-16(7-14)30-8-18-17(22(30)32)5-13(9-31)6-19(18)23(24,25)26/h2-7,9,12,15,20H,8,10-11H2,1H3/t20-/m0/s1. The van der Waals surface area contributed by atoms with Crippen LogP contribution in [0.2, 0.25) is 0 Å². The number of carbonyl (C=O) groups excluding carboxylic acids is 2. The summed E-state index contributed by atoms with van der Waals surface area (Å²) in [6.45, 7) is 0.880. The lowest BCUT2D eigenvalue weighted by Gasteiger charge is -2.33. The molecule has 33 heavy (non-hydrogen) atoms. The Labute approximate surface area is 186 Å². The van der Waals surface area contributed by atoms with Gasteiger partial charge < -0.3 is 14.2 Å². The van der Waals surface area contributed by atoms with Gasteiger partial charge in [0.1, 0.15) is 18.4 Å². The monoisotopic (exact) mass is 456 g/mol. The molecule has 5 rings (SSSR count). The number of aldehydes is 1. The summed E-state index contributed by atoms with van der Waals surface area (Å²) in [7, 11) is 1.84. The van der Waals surface area contributed by atoms with Gasteiger partial charge in [0.25, 0.3) is 5.91 Å². The Balaban J connectivity index is 1.54. The van der Waals surface area contributed by atoms with E-state index in [0.29, 0.717) is 25.2 Å². The number of carbonyl (C=O) groups is 2. The number of benzene rings is 2. The van der Waals surface area contributed by atoms with Crippen molar-refractivity contribution < 1.29 is 27.5 Å². The van der Waals surface area contributed by atoms with Gasteiger partial charge in [0.15, 0.2) is 0 Å². The van der Waals surface area contributed by atoms with E-state index in [-0.39, 0.29) is 35.1 Å². The normalized spacial score (nSPS) is 17.1. The highest BCUT2D eigenvalue weighted by Gasteiger charge is 2.41. The summed E-state index contributed by atoms with van der Waals surface area (Å²) in [4.78, 5) is 25.6. The molecule has 0 bridgehead atoms. The maximum absolute atomic E-state index is 13.6. The molecule has 1 amide bonds. The van der Waals surface area contributed by atoms with E-state index in [1.165, 1.54) is 11.0 Å². The number of anilines is 1. The van der Waals surface area contributed by atoms with Crippen molar-refractivity contribution in [3.05, 3.63) is 76.4 Å². The number of halogens is 3. The molecule has 3 heterocycles. The van der Waals surface area contributed by atoms with Gasteiger partial charge in [-0.2, -0.15) is 13.2 Å². The van der Waals surface area contributed by atoms with E-state index in [2.05, 4.69) is 10.2 Å². The zero-order valence-corrected chi connectivity index (χ0v) is 17.5. The fourth-order valence-electron chi connectivity index (χ4n) is 4.50. The van der Waals surface area contributed by atoms with Crippen molar-refractivity contribution >= 4 is 17.9 Å². The summed E-state index contributed by atoms with van der Waals surface area (Å²) in [6.07, 6.45) is -2.75. The van der Waals surface area contributed by atoms with E-state index < -0.39 is 17.6 Å². The van der Waals surface area contributed by atoms with Crippen LogP contribution < -0.4 is 4.90 Å². The van der Waals surface area contributed by atoms with Gasteiger partial charge in [0, 0.05) is 29.8 Å². The largest absolute Gasteiger partial charge is 0.416 e. The Morgan fingerprint density at radius 2 is 2.00 bits per heavy atom. The summed E-state index contributed by atoms with van der Waals surface area (Å²) in [5.74, 6) is 0.199. The maximum Gasteiger partial charge on any atom is 0.416 e. The lowest BCUT2D eigenvalue weighted by Crippen LogP contribution is -2.35. The van der Waals surface area contributed by atoms with Gasteiger partial charge in [0.05, 0.1) is 31.2 Å². The molecule has 1 saturated heterocycles. The van der Waals surface area contributed by atoms with Crippen molar-refractivity contribution in [3.63, 3.8) is 0 Å². The lowest BCUT2D eigenvalue weighted by molar-refractivity contribution is -0.138. The van der Waals surface area contributed by atoms with Crippen molar-refractivity contribution in [1.29, 1.82) is 0 Å². The summed E-state index contributed by atoms with van der Waals surface area (Å²) >= 11 is 0. The van der Waals surface area contributed by atoms with Gasteiger partial charge in [-0.15, -0.1) is 10.2 Å². The second-order valence-electron chi connectivity index (χ2n) is 8.27. The van der Waals surface area contributed by atoms with Crippen molar-refractivity contribution in [3.8, 4) is 0 Å². The fourth-order valence-corrected chi connectivity index (χ4v) is 4.50. The number of hydrogen-bond donors (Lipinski definition) is 0. The first kappa shape index (κ1) is 21.3. The first-order valence-electron chi connectivity index (χ1n) is 10.3. The quantitative estimate of drug-likeness (QED) is 0.549. The molecule has 0 N–H and O–H groups in total. The second-order valence-corrected chi connectivity index (χ2v) is 8.27. The highest BCUT2D eigenvalue weighted by molar-refractivity contribution is 6.11. The van der Waals surface area contributed by atoms with Gasteiger partial charge >= 0.3 is 6.18 Å². The Hall–Kier alpha value is -3.53. The van der Waals surface area contributed by atoms with E-state index in [0.717, 1.165) is 17.5 Å². The number of alkyl halides is 3. The highest BCUT2D eigenvalue weighted by atomic mass is 19.4. The third-order valence-corrected chi connectivity index (χ3v) is 6.21. The number of ether oxygens (including phenoxy) is 1. The first-order valence-corrected chi connectivity index (χ1v) is 10.3. The minimum atomic E-state index is -4.68. The molecule has 1 aromatic heterocycles. The molecule has 1 atom stereocenters. The second kappa shape index (κ2) is 7.80. The summed E-state index contributed by atoms with van der Waals surface area (Å²) in [6, 6.07) is 9.17. The molecule has 0 radical (unpaired) electrons. The van der Waals surface area contributed by atoms with Crippen LogP contribution >= 0.6 is 0 Å². The molecular formula is C23H19F3N4O3. The molecule has 0 spiro atoms. The molecule has 0 aliphatic carbocycles. The summed E-state index contributed by atoms with van der Waals surface area (Å²) in [5, 5.41) is 8.22. The number of aryl methyl sites for hydroxylation is 1. The smallest absolute Gasteiger partial charge is 0.381 e.